The van der Waals surface area contributed by atoms with Crippen molar-refractivity contribution in [1.82, 2.24) is 0 Å². The highest BCUT2D eigenvalue weighted by molar-refractivity contribution is 7.81. The van der Waals surface area contributed by atoms with E-state index in [2.05, 4.69) is 8.92 Å². The van der Waals surface area contributed by atoms with Crippen LogP contribution in [0, 0.1) is 5.82 Å². The molecule has 0 aromatic heterocycles. The van der Waals surface area contributed by atoms with Crippen LogP contribution in [0.1, 0.15) is 12.5 Å². The number of halogens is 2. The lowest BCUT2D eigenvalue weighted by molar-refractivity contribution is -0.137. The smallest absolute Gasteiger partial charge is 0.463 e. The number of carbonyl (C=O) groups excluding carboxylic acids is 1. The van der Waals surface area contributed by atoms with Crippen molar-refractivity contribution in [3.8, 4) is 0 Å². The lowest BCUT2D eigenvalue weighted by Crippen LogP contribution is -2.05. The third kappa shape index (κ3) is 5.47. The molecule has 0 heterocycles. The molecule has 19 heavy (non-hydrogen) atoms. The van der Waals surface area contributed by atoms with Crippen molar-refractivity contribution in [2.45, 2.75) is 6.92 Å². The summed E-state index contributed by atoms with van der Waals surface area (Å²) in [7, 11) is -5.31. The summed E-state index contributed by atoms with van der Waals surface area (Å²) in [6.45, 7) is 1.59. The average Bonchev–Trinajstić information content (AvgIpc) is 2.27. The molecular weight excluding hydrogens is 282 g/mol. The fourth-order valence-corrected chi connectivity index (χ4v) is 1.53. The minimum Gasteiger partial charge on any atom is -0.463 e. The Hall–Kier alpha value is -1.96. The monoisotopic (exact) mass is 292 g/mol. The largest absolute Gasteiger partial charge is 0.488 e. The van der Waals surface area contributed by atoms with Gasteiger partial charge in [0.1, 0.15) is 5.82 Å². The molecule has 1 aromatic rings. The van der Waals surface area contributed by atoms with Crippen LogP contribution in [0.3, 0.4) is 0 Å². The second kappa shape index (κ2) is 6.28. The van der Waals surface area contributed by atoms with Gasteiger partial charge in [-0.2, -0.15) is 8.42 Å². The van der Waals surface area contributed by atoms with Gasteiger partial charge in [0.15, 0.2) is 5.76 Å². The van der Waals surface area contributed by atoms with E-state index in [0.29, 0.717) is 6.08 Å². The highest BCUT2D eigenvalue weighted by atomic mass is 32.3. The molecule has 0 unspecified atom stereocenters. The number of hydrogen-bond donors (Lipinski definition) is 0. The fraction of sp³-hybridized carbons (Fsp3) is 0.182. The molecule has 0 aliphatic carbocycles. The summed E-state index contributed by atoms with van der Waals surface area (Å²) in [5, 5.41) is 0. The first-order valence-corrected chi connectivity index (χ1v) is 6.41. The molecule has 0 amide bonds. The molecule has 0 bridgehead atoms. The second-order valence-corrected chi connectivity index (χ2v) is 4.20. The highest BCUT2D eigenvalue weighted by Gasteiger charge is 2.16. The Labute approximate surface area is 108 Å². The molecule has 0 spiro atoms. The Balaban J connectivity index is 3.12. The summed E-state index contributed by atoms with van der Waals surface area (Å²) in [5.74, 6) is -2.09. The molecule has 0 fully saturated rings. The van der Waals surface area contributed by atoms with E-state index in [1.165, 1.54) is 6.92 Å². The van der Waals surface area contributed by atoms with E-state index in [0.717, 1.165) is 24.3 Å². The molecule has 5 nitrogen and oxygen atoms in total. The zero-order valence-corrected chi connectivity index (χ0v) is 10.6. The van der Waals surface area contributed by atoms with E-state index in [1.54, 1.807) is 0 Å². The van der Waals surface area contributed by atoms with Crippen molar-refractivity contribution in [3.05, 3.63) is 41.7 Å². The topological polar surface area (TPSA) is 69.7 Å². The molecule has 0 aliphatic rings. The quantitative estimate of drug-likeness (QED) is 0.359. The van der Waals surface area contributed by atoms with E-state index in [9.17, 15) is 21.5 Å². The van der Waals surface area contributed by atoms with E-state index in [1.807, 2.05) is 0 Å². The van der Waals surface area contributed by atoms with Crippen molar-refractivity contribution in [2.24, 2.45) is 0 Å². The summed E-state index contributed by atoms with van der Waals surface area (Å²) < 4.78 is 54.8. The third-order valence-corrected chi connectivity index (χ3v) is 2.23. The van der Waals surface area contributed by atoms with E-state index in [-0.39, 0.29) is 12.2 Å². The van der Waals surface area contributed by atoms with Gasteiger partial charge < -0.3 is 8.92 Å². The van der Waals surface area contributed by atoms with E-state index in [4.69, 9.17) is 0 Å². The lowest BCUT2D eigenvalue weighted by Gasteiger charge is -2.06. The van der Waals surface area contributed by atoms with Gasteiger partial charge >= 0.3 is 16.5 Å². The maximum atomic E-state index is 12.7. The first-order chi connectivity index (χ1) is 8.81. The van der Waals surface area contributed by atoms with Gasteiger partial charge in [-0.05, 0) is 31.2 Å². The maximum absolute atomic E-state index is 12.7. The van der Waals surface area contributed by atoms with Crippen LogP contribution < -0.4 is 0 Å². The molecule has 1 aromatic carbocycles. The SMILES string of the molecule is CCOC(=O)/C=C(/OS(=O)(=O)F)c1ccc(F)cc1. The average molecular weight is 292 g/mol. The summed E-state index contributed by atoms with van der Waals surface area (Å²) in [4.78, 5) is 11.2. The minimum absolute atomic E-state index is 0.00989. The number of rotatable bonds is 5. The maximum Gasteiger partial charge on any atom is 0.488 e. The summed E-state index contributed by atoms with van der Waals surface area (Å²) in [5.41, 5.74) is 0.00989. The van der Waals surface area contributed by atoms with Gasteiger partial charge in [0, 0.05) is 5.56 Å². The van der Waals surface area contributed by atoms with Gasteiger partial charge in [0.25, 0.3) is 0 Å². The lowest BCUT2D eigenvalue weighted by atomic mass is 10.2. The Morgan fingerprint density at radius 1 is 1.32 bits per heavy atom. The van der Waals surface area contributed by atoms with Crippen LogP contribution in [0.5, 0.6) is 0 Å². The van der Waals surface area contributed by atoms with Gasteiger partial charge in [-0.15, -0.1) is 0 Å². The minimum atomic E-state index is -5.31. The Morgan fingerprint density at radius 3 is 2.37 bits per heavy atom. The standard InChI is InChI=1S/C11H10F2O5S/c1-2-17-11(14)7-10(18-19(13,15)16)8-3-5-9(12)6-4-8/h3-7H,2H2,1H3/b10-7+. The molecule has 0 saturated heterocycles. The van der Waals surface area contributed by atoms with E-state index < -0.39 is 28.0 Å². The zero-order chi connectivity index (χ0) is 14.5. The van der Waals surface area contributed by atoms with Crippen molar-refractivity contribution in [1.29, 1.82) is 0 Å². The van der Waals surface area contributed by atoms with Gasteiger partial charge in [-0.25, -0.2) is 9.18 Å². The molecule has 0 saturated carbocycles. The molecule has 104 valence electrons. The number of hydrogen-bond acceptors (Lipinski definition) is 5. The molecule has 0 aliphatic heterocycles. The van der Waals surface area contributed by atoms with Crippen LogP contribution in [0.25, 0.3) is 5.76 Å². The summed E-state index contributed by atoms with van der Waals surface area (Å²) >= 11 is 0. The van der Waals surface area contributed by atoms with Gasteiger partial charge in [-0.3, -0.25) is 0 Å². The van der Waals surface area contributed by atoms with Crippen LogP contribution in [0.2, 0.25) is 0 Å². The fourth-order valence-electron chi connectivity index (χ4n) is 1.17. The van der Waals surface area contributed by atoms with Crippen LogP contribution in [-0.4, -0.2) is 21.0 Å². The van der Waals surface area contributed by atoms with Crippen LogP contribution >= 0.6 is 0 Å². The highest BCUT2D eigenvalue weighted by Crippen LogP contribution is 2.19. The van der Waals surface area contributed by atoms with Gasteiger partial charge in [-0.1, -0.05) is 3.89 Å². The normalized spacial score (nSPS) is 12.1. The molecule has 0 atom stereocenters. The van der Waals surface area contributed by atoms with Crippen LogP contribution in [0.15, 0.2) is 30.3 Å². The van der Waals surface area contributed by atoms with Gasteiger partial charge in [0.2, 0.25) is 0 Å². The first-order valence-electron chi connectivity index (χ1n) is 5.10. The first kappa shape index (κ1) is 15.1. The number of ether oxygens (including phenoxy) is 1. The van der Waals surface area contributed by atoms with Crippen LogP contribution in [-0.2, 0) is 24.2 Å². The van der Waals surface area contributed by atoms with Crippen molar-refractivity contribution < 1.29 is 30.4 Å². The number of carbonyl (C=O) groups is 1. The van der Waals surface area contributed by atoms with Gasteiger partial charge in [0.05, 0.1) is 12.7 Å². The predicted molar refractivity (Wildman–Crippen MR) is 62.1 cm³/mol. The van der Waals surface area contributed by atoms with Crippen molar-refractivity contribution >= 4 is 22.2 Å². The summed E-state index contributed by atoms with van der Waals surface area (Å²) in [6.07, 6.45) is 0.661. The number of esters is 1. The Morgan fingerprint density at radius 2 is 1.89 bits per heavy atom. The Kier molecular flexibility index (Phi) is 4.99. The third-order valence-electron chi connectivity index (χ3n) is 1.85. The molecule has 8 heteroatoms. The van der Waals surface area contributed by atoms with E-state index >= 15 is 0 Å². The molecule has 0 N–H and O–H groups in total. The van der Waals surface area contributed by atoms with Crippen molar-refractivity contribution in [3.63, 3.8) is 0 Å². The Bertz CT molecular complexity index is 578. The zero-order valence-electron chi connectivity index (χ0n) is 9.80. The molecule has 0 radical (unpaired) electrons. The summed E-state index contributed by atoms with van der Waals surface area (Å²) in [6, 6.07) is 4.27. The molecular formula is C11H10F2O5S. The second-order valence-electron chi connectivity index (χ2n) is 3.24. The predicted octanol–water partition coefficient (Wildman–Crippen LogP) is 1.96. The molecule has 1 rings (SSSR count). The van der Waals surface area contributed by atoms with Crippen molar-refractivity contribution in [2.75, 3.05) is 6.61 Å². The van der Waals surface area contributed by atoms with Crippen LogP contribution in [0.4, 0.5) is 8.28 Å². The number of benzene rings is 1.